The Balaban J connectivity index is 1.09. The lowest BCUT2D eigenvalue weighted by Gasteiger charge is -2.38. The second-order valence-corrected chi connectivity index (χ2v) is 16.4. The third kappa shape index (κ3) is 10.6. The van der Waals surface area contributed by atoms with E-state index in [1.165, 1.54) is 18.1 Å². The molecule has 0 aliphatic carbocycles. The van der Waals surface area contributed by atoms with Gasteiger partial charge in [0, 0.05) is 18.8 Å². The van der Waals surface area contributed by atoms with Gasteiger partial charge >= 0.3 is 0 Å². The number of nitrogens with zero attached hydrogens (tertiary/aromatic N) is 4. The zero-order chi connectivity index (χ0) is 40.1. The first-order valence-electron chi connectivity index (χ1n) is 18.6. The molecule has 0 aliphatic rings. The molecule has 1 atom stereocenters. The van der Waals surface area contributed by atoms with Crippen molar-refractivity contribution in [2.24, 2.45) is 5.41 Å². The fraction of sp³-hybridized carbons (Fsp3) is 0.302. The number of hydrogen-bond acceptors (Lipinski definition) is 12. The Bertz CT molecular complexity index is 2110. The van der Waals surface area contributed by atoms with Crippen LogP contribution in [0.3, 0.4) is 0 Å². The number of carbonyl (C=O) groups excluding carboxylic acids is 1. The van der Waals surface area contributed by atoms with Gasteiger partial charge < -0.3 is 33.8 Å². The van der Waals surface area contributed by atoms with Gasteiger partial charge in [0.2, 0.25) is 0 Å². The van der Waals surface area contributed by atoms with Gasteiger partial charge in [0.05, 0.1) is 45.8 Å². The van der Waals surface area contributed by atoms with Crippen molar-refractivity contribution in [2.75, 3.05) is 51.9 Å². The summed E-state index contributed by atoms with van der Waals surface area (Å²) >= 11 is 1.25. The minimum Gasteiger partial charge on any atom is -0.497 e. The summed E-state index contributed by atoms with van der Waals surface area (Å²) in [5.74, 6) is 2.28. The van der Waals surface area contributed by atoms with E-state index in [9.17, 15) is 4.79 Å². The van der Waals surface area contributed by atoms with Crippen molar-refractivity contribution >= 4 is 42.2 Å². The lowest BCUT2D eigenvalue weighted by molar-refractivity contribution is -0.124. The molecule has 6 aromatic rings. The van der Waals surface area contributed by atoms with E-state index < -0.39 is 19.3 Å². The predicted molar refractivity (Wildman–Crippen MR) is 226 cm³/mol. The van der Waals surface area contributed by atoms with E-state index >= 15 is 0 Å². The highest BCUT2D eigenvalue weighted by Gasteiger charge is 2.41. The van der Waals surface area contributed by atoms with Gasteiger partial charge in [-0.2, -0.15) is 0 Å². The second-order valence-electron chi connectivity index (χ2n) is 13.8. The predicted octanol–water partition coefficient (Wildman–Crippen LogP) is 7.81. The first-order valence-corrected chi connectivity index (χ1v) is 21.0. The molecule has 0 saturated carbocycles. The summed E-state index contributed by atoms with van der Waals surface area (Å²) in [5.41, 5.74) is 9.18. The van der Waals surface area contributed by atoms with Crippen molar-refractivity contribution in [2.45, 2.75) is 32.5 Å². The number of nitrogens with one attached hydrogen (secondary N) is 1. The fourth-order valence-electron chi connectivity index (χ4n) is 6.18. The lowest BCUT2D eigenvalue weighted by atomic mass is 9.79. The van der Waals surface area contributed by atoms with E-state index in [0.717, 1.165) is 33.8 Å². The Hall–Kier alpha value is -4.88. The van der Waals surface area contributed by atoms with Crippen LogP contribution in [0, 0.1) is 5.41 Å². The van der Waals surface area contributed by atoms with Crippen molar-refractivity contribution in [3.8, 4) is 11.5 Å². The van der Waals surface area contributed by atoms with E-state index in [0.29, 0.717) is 55.4 Å². The van der Waals surface area contributed by atoms with Crippen LogP contribution in [-0.2, 0) is 37.5 Å². The minimum absolute atomic E-state index is 0.00681. The van der Waals surface area contributed by atoms with Gasteiger partial charge in [-0.1, -0.05) is 96.7 Å². The van der Waals surface area contributed by atoms with Crippen molar-refractivity contribution in [3.63, 3.8) is 0 Å². The highest BCUT2D eigenvalue weighted by Crippen LogP contribution is 2.43. The zero-order valence-electron chi connectivity index (χ0n) is 32.7. The van der Waals surface area contributed by atoms with Crippen LogP contribution in [0.25, 0.3) is 11.2 Å². The molecule has 0 saturated heterocycles. The standard InChI is InChI=1S/C43H49N6O6PS/c1-42(2,28-54-43(33-13-9-6-10-14-33,34-15-19-36(51-3)20-16-34)35-17-21-37(52-4)22-18-35)41(50)57-26-25-55-56(48-27-32-11-7-5-8-12-32)31-53-24-23-49-30-47-38-39(44)45-29-46-40(38)49/h5-22,29-30,48H,23-28,31H2,1-4H3,(H2,44,45,46). The summed E-state index contributed by atoms with van der Waals surface area (Å²) in [6.45, 7) is 5.94. The van der Waals surface area contributed by atoms with Crippen molar-refractivity contribution in [3.05, 3.63) is 144 Å². The molecule has 0 bridgehead atoms. The van der Waals surface area contributed by atoms with Crippen molar-refractivity contribution in [1.82, 2.24) is 24.6 Å². The maximum absolute atomic E-state index is 13.9. The molecular weight excluding hydrogens is 760 g/mol. The van der Waals surface area contributed by atoms with Crippen LogP contribution in [0.15, 0.2) is 122 Å². The van der Waals surface area contributed by atoms with Crippen LogP contribution in [0.5, 0.6) is 11.5 Å². The highest BCUT2D eigenvalue weighted by molar-refractivity contribution is 8.13. The quantitative estimate of drug-likeness (QED) is 0.0416. The summed E-state index contributed by atoms with van der Waals surface area (Å²) in [4.78, 5) is 26.5. The second kappa shape index (κ2) is 20.0. The molecule has 14 heteroatoms. The molecule has 0 amide bonds. The highest BCUT2D eigenvalue weighted by atomic mass is 32.2. The SMILES string of the molecule is COc1ccc(C(OCC(C)(C)C(=O)SCCOP(COCCn2cnc3c(N)ncnc32)NCc2ccccc2)(c2ccccc2)c2ccc(OC)cc2)cc1. The molecule has 3 N–H and O–H groups in total. The van der Waals surface area contributed by atoms with Gasteiger partial charge in [0.15, 0.2) is 16.6 Å². The molecular formula is C43H49N6O6PS. The number of nitrogen functional groups attached to an aromatic ring is 1. The van der Waals surface area contributed by atoms with Crippen LogP contribution in [0.2, 0.25) is 0 Å². The maximum Gasteiger partial charge on any atom is 0.196 e. The molecule has 2 aromatic heterocycles. The Morgan fingerprint density at radius 1 is 0.807 bits per heavy atom. The first-order chi connectivity index (χ1) is 27.7. The number of thioether (sulfide) groups is 1. The summed E-state index contributed by atoms with van der Waals surface area (Å²) in [6.07, 6.45) is 3.48. The summed E-state index contributed by atoms with van der Waals surface area (Å²) in [7, 11) is 2.12. The molecule has 57 heavy (non-hydrogen) atoms. The molecule has 0 radical (unpaired) electrons. The molecule has 0 aliphatic heterocycles. The number of methoxy groups -OCH3 is 2. The average Bonchev–Trinajstić information content (AvgIpc) is 3.68. The van der Waals surface area contributed by atoms with Gasteiger partial charge in [-0.05, 0) is 60.4 Å². The van der Waals surface area contributed by atoms with Crippen molar-refractivity contribution in [1.29, 1.82) is 0 Å². The van der Waals surface area contributed by atoms with E-state index in [2.05, 4.69) is 32.2 Å². The normalized spacial score (nSPS) is 12.4. The van der Waals surface area contributed by atoms with Crippen LogP contribution in [0.4, 0.5) is 5.82 Å². The number of benzene rings is 4. The molecule has 0 fully saturated rings. The lowest BCUT2D eigenvalue weighted by Crippen LogP contribution is -2.38. The van der Waals surface area contributed by atoms with Gasteiger partial charge in [-0.15, -0.1) is 0 Å². The smallest absolute Gasteiger partial charge is 0.196 e. The van der Waals surface area contributed by atoms with Crippen LogP contribution < -0.4 is 20.3 Å². The van der Waals surface area contributed by atoms with Crippen LogP contribution in [-0.4, -0.2) is 70.8 Å². The van der Waals surface area contributed by atoms with E-state index in [4.69, 9.17) is 29.2 Å². The number of rotatable bonds is 21. The number of hydrogen-bond donors (Lipinski definition) is 2. The molecule has 298 valence electrons. The molecule has 2 heterocycles. The van der Waals surface area contributed by atoms with E-state index in [1.807, 2.05) is 115 Å². The van der Waals surface area contributed by atoms with Crippen LogP contribution >= 0.6 is 20.1 Å². The molecule has 0 spiro atoms. The Kier molecular flexibility index (Phi) is 14.7. The first kappa shape index (κ1) is 41.7. The average molecular weight is 809 g/mol. The number of imidazole rings is 1. The molecule has 12 nitrogen and oxygen atoms in total. The topological polar surface area (TPSA) is 145 Å². The molecule has 6 rings (SSSR count). The molecule has 4 aromatic carbocycles. The van der Waals surface area contributed by atoms with Gasteiger partial charge in [0.1, 0.15) is 43.6 Å². The van der Waals surface area contributed by atoms with Crippen LogP contribution in [0.1, 0.15) is 36.1 Å². The number of fused-ring (bicyclic) bond motifs is 1. The maximum atomic E-state index is 13.9. The van der Waals surface area contributed by atoms with Crippen molar-refractivity contribution < 1.29 is 28.3 Å². The third-order valence-corrected chi connectivity index (χ3v) is 12.0. The van der Waals surface area contributed by atoms with Gasteiger partial charge in [-0.25, -0.2) is 15.0 Å². The zero-order valence-corrected chi connectivity index (χ0v) is 34.4. The summed E-state index contributed by atoms with van der Waals surface area (Å²) in [5, 5.41) is 3.52. The Morgan fingerprint density at radius 3 is 2.05 bits per heavy atom. The number of carbonyl (C=O) groups is 1. The number of nitrogens with two attached hydrogens (primary N) is 1. The minimum atomic E-state index is -1.17. The fourth-order valence-corrected chi connectivity index (χ4v) is 8.32. The Labute approximate surface area is 339 Å². The Morgan fingerprint density at radius 2 is 1.42 bits per heavy atom. The van der Waals surface area contributed by atoms with Gasteiger partial charge in [-0.3, -0.25) is 9.88 Å². The monoisotopic (exact) mass is 808 g/mol. The largest absolute Gasteiger partial charge is 0.497 e. The summed E-state index contributed by atoms with van der Waals surface area (Å²) < 4.78 is 32.3. The number of ether oxygens (including phenoxy) is 4. The third-order valence-electron chi connectivity index (χ3n) is 9.36. The molecule has 1 unspecified atom stereocenters. The van der Waals surface area contributed by atoms with E-state index in [1.54, 1.807) is 20.5 Å². The summed E-state index contributed by atoms with van der Waals surface area (Å²) in [6, 6.07) is 35.9. The van der Waals surface area contributed by atoms with Gasteiger partial charge in [0.25, 0.3) is 0 Å². The number of anilines is 1. The van der Waals surface area contributed by atoms with E-state index in [-0.39, 0.29) is 11.7 Å². The number of aromatic nitrogens is 4.